The third-order valence-corrected chi connectivity index (χ3v) is 6.20. The molecule has 0 aliphatic carbocycles. The van der Waals surface area contributed by atoms with Gasteiger partial charge in [0.15, 0.2) is 11.5 Å². The molecule has 2 atom stereocenters. The van der Waals surface area contributed by atoms with Crippen LogP contribution in [0.5, 0.6) is 11.5 Å². The van der Waals surface area contributed by atoms with Crippen LogP contribution in [0.1, 0.15) is 30.5 Å². The molecular formula is C21H26N4O4. The number of hydrogen-bond acceptors (Lipinski definition) is 8. The van der Waals surface area contributed by atoms with Crippen molar-refractivity contribution in [1.82, 2.24) is 14.9 Å². The minimum atomic E-state index is -0.947. The summed E-state index contributed by atoms with van der Waals surface area (Å²) in [5.41, 5.74) is 1.02. The average Bonchev–Trinajstić information content (AvgIpc) is 3.42. The van der Waals surface area contributed by atoms with E-state index in [1.54, 1.807) is 12.4 Å². The molecule has 2 aromatic rings. The highest BCUT2D eigenvalue weighted by molar-refractivity contribution is 5.45. The highest BCUT2D eigenvalue weighted by atomic mass is 16.7. The van der Waals surface area contributed by atoms with E-state index in [4.69, 9.17) is 14.2 Å². The molecule has 0 amide bonds. The number of nitrogens with zero attached hydrogens (tertiary/aromatic N) is 4. The zero-order valence-electron chi connectivity index (χ0n) is 16.6. The van der Waals surface area contributed by atoms with Crippen molar-refractivity contribution in [2.24, 2.45) is 0 Å². The zero-order chi connectivity index (χ0) is 19.8. The molecule has 4 heterocycles. The molecular weight excluding hydrogens is 372 g/mol. The van der Waals surface area contributed by atoms with Gasteiger partial charge in [0.1, 0.15) is 5.60 Å². The lowest BCUT2D eigenvalue weighted by Gasteiger charge is -2.38. The fourth-order valence-corrected chi connectivity index (χ4v) is 4.20. The van der Waals surface area contributed by atoms with Crippen molar-refractivity contribution in [2.45, 2.75) is 25.0 Å². The second-order valence-corrected chi connectivity index (χ2v) is 7.92. The molecule has 0 spiro atoms. The van der Waals surface area contributed by atoms with E-state index in [1.807, 2.05) is 6.07 Å². The van der Waals surface area contributed by atoms with Crippen LogP contribution in [0, 0.1) is 0 Å². The van der Waals surface area contributed by atoms with Crippen LogP contribution in [0.4, 0.5) is 5.95 Å². The van der Waals surface area contributed by atoms with Gasteiger partial charge in [-0.3, -0.25) is 4.90 Å². The van der Waals surface area contributed by atoms with Gasteiger partial charge in [0.25, 0.3) is 0 Å². The van der Waals surface area contributed by atoms with Crippen LogP contribution >= 0.6 is 0 Å². The highest BCUT2D eigenvalue weighted by Crippen LogP contribution is 2.35. The fraction of sp³-hybridized carbons (Fsp3) is 0.524. The Morgan fingerprint density at radius 2 is 1.83 bits per heavy atom. The maximum absolute atomic E-state index is 10.6. The van der Waals surface area contributed by atoms with E-state index in [2.05, 4.69) is 38.8 Å². The number of piperazine rings is 1. The van der Waals surface area contributed by atoms with Gasteiger partial charge >= 0.3 is 0 Å². The maximum atomic E-state index is 10.6. The molecule has 8 heteroatoms. The summed E-state index contributed by atoms with van der Waals surface area (Å²) >= 11 is 0. The maximum Gasteiger partial charge on any atom is 0.231 e. The van der Waals surface area contributed by atoms with Crippen LogP contribution in [0.25, 0.3) is 0 Å². The zero-order valence-corrected chi connectivity index (χ0v) is 16.6. The van der Waals surface area contributed by atoms with Gasteiger partial charge in [-0.05, 0) is 24.6 Å². The smallest absolute Gasteiger partial charge is 0.231 e. The van der Waals surface area contributed by atoms with Gasteiger partial charge < -0.3 is 24.2 Å². The predicted octanol–water partition coefficient (Wildman–Crippen LogP) is 1.70. The van der Waals surface area contributed by atoms with Gasteiger partial charge in [-0.25, -0.2) is 9.97 Å². The minimum absolute atomic E-state index is 0.298. The van der Waals surface area contributed by atoms with Crippen LogP contribution in [0.2, 0.25) is 0 Å². The van der Waals surface area contributed by atoms with Crippen molar-refractivity contribution in [3.63, 3.8) is 0 Å². The number of ether oxygens (including phenoxy) is 3. The van der Waals surface area contributed by atoms with Gasteiger partial charge in [-0.2, -0.15) is 0 Å². The normalized spacial score (nSPS) is 25.4. The Bertz CT molecular complexity index is 861. The summed E-state index contributed by atoms with van der Waals surface area (Å²) in [5.74, 6) is 2.36. The topological polar surface area (TPSA) is 80.2 Å². The third-order valence-electron chi connectivity index (χ3n) is 6.20. The molecule has 2 fully saturated rings. The molecule has 1 unspecified atom stereocenters. The SMILES string of the molecule is C[C@@H](c1ccc2c(c1)OCO2)N1CCN(c2ncc(C3(O)CCOC3)cn2)CC1. The lowest BCUT2D eigenvalue weighted by molar-refractivity contribution is 0.0226. The van der Waals surface area contributed by atoms with Crippen LogP contribution in [0.15, 0.2) is 30.6 Å². The number of anilines is 1. The molecule has 29 heavy (non-hydrogen) atoms. The molecule has 1 N–H and O–H groups in total. The summed E-state index contributed by atoms with van der Waals surface area (Å²) in [6.07, 6.45) is 4.06. The number of rotatable bonds is 4. The molecule has 0 bridgehead atoms. The van der Waals surface area contributed by atoms with Crippen LogP contribution in [0.3, 0.4) is 0 Å². The van der Waals surface area contributed by atoms with E-state index in [9.17, 15) is 5.11 Å². The van der Waals surface area contributed by atoms with E-state index >= 15 is 0 Å². The highest BCUT2D eigenvalue weighted by Gasteiger charge is 2.35. The minimum Gasteiger partial charge on any atom is -0.454 e. The average molecular weight is 398 g/mol. The summed E-state index contributed by atoms with van der Waals surface area (Å²) in [7, 11) is 0. The Hall–Kier alpha value is -2.42. The molecule has 3 aliphatic heterocycles. The second-order valence-electron chi connectivity index (χ2n) is 7.92. The number of aromatic nitrogens is 2. The molecule has 154 valence electrons. The number of hydrogen-bond donors (Lipinski definition) is 1. The van der Waals surface area contributed by atoms with Crippen molar-refractivity contribution in [3.05, 3.63) is 41.7 Å². The van der Waals surface area contributed by atoms with Crippen molar-refractivity contribution < 1.29 is 19.3 Å². The van der Waals surface area contributed by atoms with Gasteiger partial charge in [0, 0.05) is 63.2 Å². The molecule has 2 saturated heterocycles. The largest absolute Gasteiger partial charge is 0.454 e. The van der Waals surface area contributed by atoms with Gasteiger partial charge in [0.2, 0.25) is 12.7 Å². The molecule has 0 saturated carbocycles. The molecule has 8 nitrogen and oxygen atoms in total. The summed E-state index contributed by atoms with van der Waals surface area (Å²) in [5, 5.41) is 10.6. The van der Waals surface area contributed by atoms with E-state index in [0.717, 1.165) is 43.2 Å². The van der Waals surface area contributed by atoms with Gasteiger partial charge in [0.05, 0.1) is 6.61 Å². The van der Waals surface area contributed by atoms with Crippen LogP contribution in [-0.4, -0.2) is 66.2 Å². The van der Waals surface area contributed by atoms with E-state index in [-0.39, 0.29) is 0 Å². The monoisotopic (exact) mass is 398 g/mol. The Morgan fingerprint density at radius 3 is 2.55 bits per heavy atom. The first kappa shape index (κ1) is 18.6. The quantitative estimate of drug-likeness (QED) is 0.834. The number of aliphatic hydroxyl groups is 1. The lowest BCUT2D eigenvalue weighted by atomic mass is 9.96. The van der Waals surface area contributed by atoms with Crippen molar-refractivity contribution in [1.29, 1.82) is 0 Å². The third kappa shape index (κ3) is 3.52. The number of fused-ring (bicyclic) bond motifs is 1. The van der Waals surface area contributed by atoms with E-state index < -0.39 is 5.60 Å². The molecule has 3 aliphatic rings. The Balaban J connectivity index is 1.21. The molecule has 1 aromatic carbocycles. The fourth-order valence-electron chi connectivity index (χ4n) is 4.20. The Kier molecular flexibility index (Phi) is 4.77. The summed E-state index contributed by atoms with van der Waals surface area (Å²) in [6.45, 7) is 6.99. The van der Waals surface area contributed by atoms with Crippen LogP contribution in [-0.2, 0) is 10.3 Å². The molecule has 1 aromatic heterocycles. The number of benzene rings is 1. The second kappa shape index (κ2) is 7.44. The summed E-state index contributed by atoms with van der Waals surface area (Å²) < 4.78 is 16.2. The lowest BCUT2D eigenvalue weighted by Crippen LogP contribution is -2.47. The first-order valence-corrected chi connectivity index (χ1v) is 10.1. The van der Waals surface area contributed by atoms with Gasteiger partial charge in [-0.1, -0.05) is 6.07 Å². The summed E-state index contributed by atoms with van der Waals surface area (Å²) in [4.78, 5) is 13.7. The van der Waals surface area contributed by atoms with Crippen molar-refractivity contribution in [3.8, 4) is 11.5 Å². The van der Waals surface area contributed by atoms with Crippen molar-refractivity contribution >= 4 is 5.95 Å². The van der Waals surface area contributed by atoms with E-state index in [0.29, 0.717) is 38.4 Å². The van der Waals surface area contributed by atoms with Crippen molar-refractivity contribution in [2.75, 3.05) is 51.1 Å². The predicted molar refractivity (Wildman–Crippen MR) is 106 cm³/mol. The summed E-state index contributed by atoms with van der Waals surface area (Å²) in [6, 6.07) is 6.48. The molecule has 0 radical (unpaired) electrons. The Morgan fingerprint density at radius 1 is 1.07 bits per heavy atom. The van der Waals surface area contributed by atoms with Gasteiger partial charge in [-0.15, -0.1) is 0 Å². The molecule has 5 rings (SSSR count). The first-order chi connectivity index (χ1) is 14.1. The first-order valence-electron chi connectivity index (χ1n) is 10.1. The Labute approximate surface area is 170 Å². The van der Waals surface area contributed by atoms with Crippen LogP contribution < -0.4 is 14.4 Å². The van der Waals surface area contributed by atoms with E-state index in [1.165, 1.54) is 5.56 Å². The standard InChI is InChI=1S/C21H26N4O4/c1-15(16-2-3-18-19(10-16)29-14-28-18)24-5-7-25(8-6-24)20-22-11-17(12-23-20)21(26)4-9-27-13-21/h2-3,10-12,15,26H,4-9,13-14H2,1H3/t15-,21?/m0/s1.